The van der Waals surface area contributed by atoms with Gasteiger partial charge in [-0.1, -0.05) is 18.2 Å². The molecule has 4 heteroatoms. The van der Waals surface area contributed by atoms with E-state index in [2.05, 4.69) is 30.0 Å². The third-order valence-corrected chi connectivity index (χ3v) is 2.96. The monoisotopic (exact) mass is 259 g/mol. The highest BCUT2D eigenvalue weighted by Gasteiger charge is 2.06. The molecule has 0 aliphatic rings. The first-order valence-corrected chi connectivity index (χ1v) is 6.57. The number of benzene rings is 1. The number of pyridine rings is 1. The molecule has 0 amide bonds. The number of hydrogen-bond donors (Lipinski definition) is 1. The molecule has 0 aliphatic heterocycles. The van der Waals surface area contributed by atoms with Crippen LogP contribution in [0.4, 0.5) is 0 Å². The Bertz CT molecular complexity index is 540. The van der Waals surface area contributed by atoms with Gasteiger partial charge in [-0.25, -0.2) is 4.98 Å². The standard InChI is InChI=1S/C15H21N3O/c1-18(2)8-5-9-19-15-14-7-4-3-6-12(14)10-13(11-16)17-15/h3-4,6-7,10H,5,8-9,11,16H2,1-2H3. The number of nitrogens with two attached hydrogens (primary N) is 1. The van der Waals surface area contributed by atoms with Crippen molar-refractivity contribution < 1.29 is 4.74 Å². The van der Waals surface area contributed by atoms with E-state index in [1.165, 1.54) is 0 Å². The number of fused-ring (bicyclic) bond motifs is 1. The maximum absolute atomic E-state index is 5.82. The number of rotatable bonds is 6. The highest BCUT2D eigenvalue weighted by molar-refractivity contribution is 5.87. The second-order valence-corrected chi connectivity index (χ2v) is 4.85. The van der Waals surface area contributed by atoms with E-state index < -0.39 is 0 Å². The second-order valence-electron chi connectivity index (χ2n) is 4.85. The van der Waals surface area contributed by atoms with Crippen molar-refractivity contribution in [3.63, 3.8) is 0 Å². The Hall–Kier alpha value is -1.65. The summed E-state index contributed by atoms with van der Waals surface area (Å²) in [6.45, 7) is 2.11. The van der Waals surface area contributed by atoms with Crippen molar-refractivity contribution in [2.45, 2.75) is 13.0 Å². The number of ether oxygens (including phenoxy) is 1. The van der Waals surface area contributed by atoms with Gasteiger partial charge < -0.3 is 15.4 Å². The molecule has 0 radical (unpaired) electrons. The van der Waals surface area contributed by atoms with Gasteiger partial charge in [0.2, 0.25) is 5.88 Å². The van der Waals surface area contributed by atoms with Gasteiger partial charge in [-0.3, -0.25) is 0 Å². The number of nitrogens with zero attached hydrogens (tertiary/aromatic N) is 2. The lowest BCUT2D eigenvalue weighted by molar-refractivity contribution is 0.275. The van der Waals surface area contributed by atoms with Gasteiger partial charge in [-0.2, -0.15) is 0 Å². The van der Waals surface area contributed by atoms with E-state index in [1.54, 1.807) is 0 Å². The van der Waals surface area contributed by atoms with Crippen LogP contribution in [0.2, 0.25) is 0 Å². The van der Waals surface area contributed by atoms with Crippen LogP contribution >= 0.6 is 0 Å². The van der Waals surface area contributed by atoms with Gasteiger partial charge in [0.25, 0.3) is 0 Å². The maximum Gasteiger partial charge on any atom is 0.221 e. The van der Waals surface area contributed by atoms with Gasteiger partial charge in [0, 0.05) is 18.5 Å². The zero-order chi connectivity index (χ0) is 13.7. The maximum atomic E-state index is 5.82. The molecular weight excluding hydrogens is 238 g/mol. The van der Waals surface area contributed by atoms with E-state index in [1.807, 2.05) is 24.3 Å². The zero-order valence-electron chi connectivity index (χ0n) is 11.6. The Labute approximate surface area is 114 Å². The van der Waals surface area contributed by atoms with E-state index >= 15 is 0 Å². The molecule has 2 rings (SSSR count). The summed E-state index contributed by atoms with van der Waals surface area (Å²) >= 11 is 0. The molecule has 0 aliphatic carbocycles. The summed E-state index contributed by atoms with van der Waals surface area (Å²) in [5.74, 6) is 0.692. The molecule has 0 fully saturated rings. The quantitative estimate of drug-likeness (QED) is 0.806. The van der Waals surface area contributed by atoms with Crippen molar-refractivity contribution in [2.24, 2.45) is 5.73 Å². The van der Waals surface area contributed by atoms with Crippen LogP contribution in [0.3, 0.4) is 0 Å². The molecule has 1 heterocycles. The van der Waals surface area contributed by atoms with Gasteiger partial charge in [0.15, 0.2) is 0 Å². The topological polar surface area (TPSA) is 51.4 Å². The number of hydrogen-bond acceptors (Lipinski definition) is 4. The molecule has 19 heavy (non-hydrogen) atoms. The van der Waals surface area contributed by atoms with E-state index in [0.717, 1.165) is 29.4 Å². The summed E-state index contributed by atoms with van der Waals surface area (Å²) in [5.41, 5.74) is 6.54. The van der Waals surface area contributed by atoms with Gasteiger partial charge in [-0.15, -0.1) is 0 Å². The molecule has 1 aromatic heterocycles. The molecule has 4 nitrogen and oxygen atoms in total. The predicted octanol–water partition coefficient (Wildman–Crippen LogP) is 2.02. The lowest BCUT2D eigenvalue weighted by Gasteiger charge is -2.12. The van der Waals surface area contributed by atoms with Crippen molar-refractivity contribution in [2.75, 3.05) is 27.2 Å². The third kappa shape index (κ3) is 3.66. The first kappa shape index (κ1) is 13.8. The summed E-state index contributed by atoms with van der Waals surface area (Å²) in [6, 6.07) is 10.1. The Balaban J connectivity index is 2.16. The van der Waals surface area contributed by atoms with Crippen LogP contribution in [0.15, 0.2) is 30.3 Å². The fraction of sp³-hybridized carbons (Fsp3) is 0.400. The van der Waals surface area contributed by atoms with Crippen LogP contribution in [-0.2, 0) is 6.54 Å². The fourth-order valence-electron chi connectivity index (χ4n) is 1.98. The highest BCUT2D eigenvalue weighted by atomic mass is 16.5. The van der Waals surface area contributed by atoms with Crippen molar-refractivity contribution in [3.05, 3.63) is 36.0 Å². The van der Waals surface area contributed by atoms with Crippen LogP contribution in [0, 0.1) is 0 Å². The first-order valence-electron chi connectivity index (χ1n) is 6.57. The summed E-state index contributed by atoms with van der Waals surface area (Å²) in [4.78, 5) is 6.62. The molecule has 0 spiro atoms. The van der Waals surface area contributed by atoms with Crippen molar-refractivity contribution in [1.29, 1.82) is 0 Å². The highest BCUT2D eigenvalue weighted by Crippen LogP contribution is 2.24. The summed E-state index contributed by atoms with van der Waals surface area (Å²) in [7, 11) is 4.12. The van der Waals surface area contributed by atoms with Crippen LogP contribution in [0.5, 0.6) is 5.88 Å². The minimum Gasteiger partial charge on any atom is -0.477 e. The average molecular weight is 259 g/mol. The Kier molecular flexibility index (Phi) is 4.71. The van der Waals surface area contributed by atoms with Crippen molar-refractivity contribution in [1.82, 2.24) is 9.88 Å². The SMILES string of the molecule is CN(C)CCCOc1nc(CN)cc2ccccc12. The van der Waals surface area contributed by atoms with E-state index in [0.29, 0.717) is 19.0 Å². The molecule has 102 valence electrons. The van der Waals surface area contributed by atoms with Crippen LogP contribution < -0.4 is 10.5 Å². The molecular formula is C15H21N3O. The molecule has 1 aromatic carbocycles. The Morgan fingerprint density at radius 1 is 1.26 bits per heavy atom. The molecule has 0 bridgehead atoms. The van der Waals surface area contributed by atoms with Crippen LogP contribution in [0.1, 0.15) is 12.1 Å². The molecule has 0 atom stereocenters. The second kappa shape index (κ2) is 6.50. The Morgan fingerprint density at radius 2 is 2.05 bits per heavy atom. The summed E-state index contributed by atoms with van der Waals surface area (Å²) in [6.07, 6.45) is 0.982. The lowest BCUT2D eigenvalue weighted by Crippen LogP contribution is -2.16. The van der Waals surface area contributed by atoms with E-state index in [-0.39, 0.29) is 0 Å². The van der Waals surface area contributed by atoms with Crippen LogP contribution in [-0.4, -0.2) is 37.1 Å². The average Bonchev–Trinajstić information content (AvgIpc) is 2.42. The third-order valence-electron chi connectivity index (χ3n) is 2.96. The fourth-order valence-corrected chi connectivity index (χ4v) is 1.98. The van der Waals surface area contributed by atoms with Gasteiger partial charge in [0.1, 0.15) is 0 Å². The smallest absolute Gasteiger partial charge is 0.221 e. The Morgan fingerprint density at radius 3 is 2.79 bits per heavy atom. The summed E-state index contributed by atoms with van der Waals surface area (Å²) < 4.78 is 5.82. The zero-order valence-corrected chi connectivity index (χ0v) is 11.6. The van der Waals surface area contributed by atoms with E-state index in [4.69, 9.17) is 10.5 Å². The minimum atomic E-state index is 0.429. The molecule has 0 saturated heterocycles. The van der Waals surface area contributed by atoms with Gasteiger partial charge in [-0.05, 0) is 38.0 Å². The molecule has 0 unspecified atom stereocenters. The lowest BCUT2D eigenvalue weighted by atomic mass is 10.1. The van der Waals surface area contributed by atoms with Crippen molar-refractivity contribution in [3.8, 4) is 5.88 Å². The van der Waals surface area contributed by atoms with E-state index in [9.17, 15) is 0 Å². The normalized spacial score (nSPS) is 11.2. The first-order chi connectivity index (χ1) is 9.20. The molecule has 2 N–H and O–H groups in total. The molecule has 0 saturated carbocycles. The largest absolute Gasteiger partial charge is 0.477 e. The number of aromatic nitrogens is 1. The van der Waals surface area contributed by atoms with Crippen LogP contribution in [0.25, 0.3) is 10.8 Å². The van der Waals surface area contributed by atoms with Crippen molar-refractivity contribution >= 4 is 10.8 Å². The summed E-state index contributed by atoms with van der Waals surface area (Å²) in [5, 5.41) is 2.17. The van der Waals surface area contributed by atoms with Gasteiger partial charge >= 0.3 is 0 Å². The van der Waals surface area contributed by atoms with Gasteiger partial charge in [0.05, 0.1) is 12.3 Å². The predicted molar refractivity (Wildman–Crippen MR) is 78.3 cm³/mol. The minimum absolute atomic E-state index is 0.429. The molecule has 2 aromatic rings.